The molecule has 0 saturated carbocycles. The minimum Gasteiger partial charge on any atom is -0.480 e. The number of nitrogens with two attached hydrogens (primary N) is 1. The molecule has 1 aromatic rings. The Morgan fingerprint density at radius 3 is 1.97 bits per heavy atom. The first-order valence-electron chi connectivity index (χ1n) is 8.84. The number of carboxylic acids is 1. The van der Waals surface area contributed by atoms with Gasteiger partial charge in [0.1, 0.15) is 18.1 Å². The van der Waals surface area contributed by atoms with Crippen molar-refractivity contribution < 1.29 is 29.4 Å². The summed E-state index contributed by atoms with van der Waals surface area (Å²) in [7, 11) is 0. The Hall–Kier alpha value is -2.63. The van der Waals surface area contributed by atoms with Gasteiger partial charge in [0.25, 0.3) is 0 Å². The molecular formula is C18H26N4O6S. The van der Waals surface area contributed by atoms with E-state index in [9.17, 15) is 19.2 Å². The molecule has 7 N–H and O–H groups in total. The molecule has 0 heterocycles. The lowest BCUT2D eigenvalue weighted by Gasteiger charge is -2.24. The lowest BCUT2D eigenvalue weighted by molar-refractivity contribution is -0.143. The number of carbonyl (C=O) groups excluding carboxylic acids is 3. The second-order valence-corrected chi connectivity index (χ2v) is 6.73. The number of benzene rings is 1. The van der Waals surface area contributed by atoms with Gasteiger partial charge < -0.3 is 31.9 Å². The number of aliphatic hydroxyl groups is 1. The van der Waals surface area contributed by atoms with Crippen molar-refractivity contribution in [3.05, 3.63) is 35.9 Å². The van der Waals surface area contributed by atoms with Gasteiger partial charge in [-0.1, -0.05) is 30.3 Å². The summed E-state index contributed by atoms with van der Waals surface area (Å²) in [4.78, 5) is 47.9. The standard InChI is InChI=1S/C18H26N4O6S/c1-10(19)15(24)20-12(7-11-5-3-2-4-6-11)16(25)22-14(9-29)17(26)21-13(8-23)18(27)28/h2-6,10,12-14,23,29H,7-9,19H2,1H3,(H,20,24)(H,21,26)(H,22,25)(H,27,28). The maximum atomic E-state index is 12.7. The molecule has 4 unspecified atom stereocenters. The number of nitrogens with one attached hydrogen (secondary N) is 3. The summed E-state index contributed by atoms with van der Waals surface area (Å²) in [5, 5.41) is 25.0. The van der Waals surface area contributed by atoms with Crippen LogP contribution in [-0.4, -0.2) is 70.4 Å². The van der Waals surface area contributed by atoms with E-state index in [4.69, 9.17) is 15.9 Å². The average molecular weight is 426 g/mol. The van der Waals surface area contributed by atoms with Crippen molar-refractivity contribution in [3.8, 4) is 0 Å². The van der Waals surface area contributed by atoms with Gasteiger partial charge in [-0.2, -0.15) is 12.6 Å². The smallest absolute Gasteiger partial charge is 0.328 e. The number of rotatable bonds is 11. The molecule has 0 saturated heterocycles. The number of carboxylic acid groups (broad SMARTS) is 1. The number of amides is 3. The summed E-state index contributed by atoms with van der Waals surface area (Å²) in [6.07, 6.45) is 0.153. The van der Waals surface area contributed by atoms with Crippen molar-refractivity contribution in [2.45, 2.75) is 37.5 Å². The van der Waals surface area contributed by atoms with Crippen LogP contribution >= 0.6 is 12.6 Å². The molecule has 3 amide bonds. The number of hydrogen-bond donors (Lipinski definition) is 7. The highest BCUT2D eigenvalue weighted by Gasteiger charge is 2.29. The summed E-state index contributed by atoms with van der Waals surface area (Å²) in [5.41, 5.74) is 6.33. The summed E-state index contributed by atoms with van der Waals surface area (Å²) in [5.74, 6) is -3.58. The van der Waals surface area contributed by atoms with Gasteiger partial charge in [0.2, 0.25) is 17.7 Å². The van der Waals surface area contributed by atoms with Gasteiger partial charge in [-0.05, 0) is 12.5 Å². The molecule has 0 aliphatic rings. The first kappa shape index (κ1) is 24.4. The Kier molecular flexibility index (Phi) is 10.1. The second-order valence-electron chi connectivity index (χ2n) is 6.37. The van der Waals surface area contributed by atoms with Crippen molar-refractivity contribution in [3.63, 3.8) is 0 Å². The number of carbonyl (C=O) groups is 4. The third kappa shape index (κ3) is 8.10. The zero-order valence-electron chi connectivity index (χ0n) is 15.9. The Labute approximate surface area is 173 Å². The molecule has 0 aromatic heterocycles. The second kappa shape index (κ2) is 12.0. The first-order chi connectivity index (χ1) is 13.7. The molecule has 0 spiro atoms. The predicted octanol–water partition coefficient (Wildman–Crippen LogP) is -1.96. The Balaban J connectivity index is 2.90. The highest BCUT2D eigenvalue weighted by atomic mass is 32.1. The van der Waals surface area contributed by atoms with E-state index in [0.717, 1.165) is 5.56 Å². The third-order valence-corrected chi connectivity index (χ3v) is 4.31. The van der Waals surface area contributed by atoms with Crippen LogP contribution in [0.25, 0.3) is 0 Å². The molecule has 0 bridgehead atoms. The fraction of sp³-hybridized carbons (Fsp3) is 0.444. The van der Waals surface area contributed by atoms with Crippen LogP contribution in [0.3, 0.4) is 0 Å². The van der Waals surface area contributed by atoms with Gasteiger partial charge in [0.05, 0.1) is 12.6 Å². The fourth-order valence-electron chi connectivity index (χ4n) is 2.29. The monoisotopic (exact) mass is 426 g/mol. The van der Waals surface area contributed by atoms with Gasteiger partial charge in [-0.3, -0.25) is 14.4 Å². The van der Waals surface area contributed by atoms with E-state index in [1.165, 1.54) is 6.92 Å². The van der Waals surface area contributed by atoms with Crippen molar-refractivity contribution in [1.82, 2.24) is 16.0 Å². The summed E-state index contributed by atoms with van der Waals surface area (Å²) >= 11 is 4.01. The summed E-state index contributed by atoms with van der Waals surface area (Å²) in [6.45, 7) is 0.660. The molecule has 11 heteroatoms. The first-order valence-corrected chi connectivity index (χ1v) is 9.48. The van der Waals surface area contributed by atoms with Gasteiger partial charge in [0.15, 0.2) is 0 Å². The summed E-state index contributed by atoms with van der Waals surface area (Å²) in [6, 6.07) is 4.38. The molecule has 0 radical (unpaired) electrons. The zero-order chi connectivity index (χ0) is 22.0. The maximum absolute atomic E-state index is 12.7. The largest absolute Gasteiger partial charge is 0.480 e. The maximum Gasteiger partial charge on any atom is 0.328 e. The van der Waals surface area contributed by atoms with E-state index in [0.29, 0.717) is 0 Å². The Morgan fingerprint density at radius 1 is 0.966 bits per heavy atom. The molecule has 4 atom stereocenters. The molecule has 29 heavy (non-hydrogen) atoms. The van der Waals surface area contributed by atoms with Crippen molar-refractivity contribution in [2.24, 2.45) is 5.73 Å². The van der Waals surface area contributed by atoms with Crippen molar-refractivity contribution in [1.29, 1.82) is 0 Å². The molecular weight excluding hydrogens is 400 g/mol. The van der Waals surface area contributed by atoms with Gasteiger partial charge in [-0.15, -0.1) is 0 Å². The topological polar surface area (TPSA) is 171 Å². The Bertz CT molecular complexity index is 716. The van der Waals surface area contributed by atoms with Crippen LogP contribution in [0.2, 0.25) is 0 Å². The zero-order valence-corrected chi connectivity index (χ0v) is 16.8. The van der Waals surface area contributed by atoms with Crippen LogP contribution < -0.4 is 21.7 Å². The van der Waals surface area contributed by atoms with Crippen LogP contribution in [0.5, 0.6) is 0 Å². The van der Waals surface area contributed by atoms with E-state index >= 15 is 0 Å². The fourth-order valence-corrected chi connectivity index (χ4v) is 2.54. The van der Waals surface area contributed by atoms with Crippen LogP contribution in [0.4, 0.5) is 0 Å². The normalized spacial score (nSPS) is 14.8. The van der Waals surface area contributed by atoms with Crippen LogP contribution in [0.1, 0.15) is 12.5 Å². The van der Waals surface area contributed by atoms with Crippen molar-refractivity contribution in [2.75, 3.05) is 12.4 Å². The SMILES string of the molecule is CC(N)C(=O)NC(Cc1ccccc1)C(=O)NC(CS)C(=O)NC(CO)C(=O)O. The third-order valence-electron chi connectivity index (χ3n) is 3.94. The molecule has 0 aliphatic carbocycles. The van der Waals surface area contributed by atoms with Crippen molar-refractivity contribution >= 4 is 36.3 Å². The van der Waals surface area contributed by atoms with Gasteiger partial charge >= 0.3 is 5.97 Å². The molecule has 0 aliphatic heterocycles. The molecule has 1 rings (SSSR count). The Morgan fingerprint density at radius 2 is 1.48 bits per heavy atom. The summed E-state index contributed by atoms with van der Waals surface area (Å²) < 4.78 is 0. The quantitative estimate of drug-likeness (QED) is 0.201. The number of thiol groups is 1. The number of aliphatic hydroxyl groups excluding tert-OH is 1. The molecule has 0 fully saturated rings. The lowest BCUT2D eigenvalue weighted by atomic mass is 10.0. The van der Waals surface area contributed by atoms with Crippen LogP contribution in [0.15, 0.2) is 30.3 Å². The molecule has 160 valence electrons. The highest BCUT2D eigenvalue weighted by Crippen LogP contribution is 2.05. The highest BCUT2D eigenvalue weighted by molar-refractivity contribution is 7.80. The number of hydrogen-bond acceptors (Lipinski definition) is 7. The predicted molar refractivity (Wildman–Crippen MR) is 108 cm³/mol. The van der Waals surface area contributed by atoms with E-state index in [2.05, 4.69) is 28.6 Å². The van der Waals surface area contributed by atoms with Crippen LogP contribution in [-0.2, 0) is 25.6 Å². The van der Waals surface area contributed by atoms with Gasteiger partial charge in [-0.25, -0.2) is 4.79 Å². The average Bonchev–Trinajstić information content (AvgIpc) is 2.69. The minimum atomic E-state index is -1.51. The van der Waals surface area contributed by atoms with E-state index in [1.807, 2.05) is 0 Å². The van der Waals surface area contributed by atoms with Crippen LogP contribution in [0, 0.1) is 0 Å². The molecule has 1 aromatic carbocycles. The molecule has 10 nitrogen and oxygen atoms in total. The van der Waals surface area contributed by atoms with E-state index < -0.39 is 54.5 Å². The van der Waals surface area contributed by atoms with E-state index in [1.54, 1.807) is 30.3 Å². The van der Waals surface area contributed by atoms with E-state index in [-0.39, 0.29) is 12.2 Å². The lowest BCUT2D eigenvalue weighted by Crippen LogP contribution is -2.58. The minimum absolute atomic E-state index is 0.130. The van der Waals surface area contributed by atoms with Gasteiger partial charge in [0, 0.05) is 12.2 Å². The number of aliphatic carboxylic acids is 1.